The molecule has 1 saturated carbocycles. The van der Waals surface area contributed by atoms with E-state index in [9.17, 15) is 9.59 Å². The number of benzene rings is 1. The van der Waals surface area contributed by atoms with Gasteiger partial charge in [-0.25, -0.2) is 9.50 Å². The predicted octanol–water partition coefficient (Wildman–Crippen LogP) is 3.87. The molecule has 0 saturated heterocycles. The van der Waals surface area contributed by atoms with Crippen LogP contribution in [0.15, 0.2) is 84.0 Å². The second kappa shape index (κ2) is 11.5. The number of fused-ring (bicyclic) bond motifs is 1. The number of rotatable bonds is 9. The van der Waals surface area contributed by atoms with E-state index < -0.39 is 0 Å². The molecule has 6 rings (SSSR count). The summed E-state index contributed by atoms with van der Waals surface area (Å²) in [4.78, 5) is 37.8. The van der Waals surface area contributed by atoms with Crippen molar-refractivity contribution in [3.63, 3.8) is 0 Å². The summed E-state index contributed by atoms with van der Waals surface area (Å²) < 4.78 is 8.50. The smallest absolute Gasteiger partial charge is 0.278 e. The Labute approximate surface area is 242 Å². The van der Waals surface area contributed by atoms with E-state index in [1.165, 1.54) is 15.3 Å². The lowest BCUT2D eigenvalue weighted by atomic mass is 9.89. The van der Waals surface area contributed by atoms with Crippen molar-refractivity contribution in [2.45, 2.75) is 38.5 Å². The highest BCUT2D eigenvalue weighted by molar-refractivity contribution is 5.94. The monoisotopic (exact) mass is 564 g/mol. The summed E-state index contributed by atoms with van der Waals surface area (Å²) in [5.74, 6) is 0.101. The summed E-state index contributed by atoms with van der Waals surface area (Å²) in [7, 11) is 3.61. The molecule has 1 amide bonds. The largest absolute Gasteiger partial charge is 0.379 e. The first kappa shape index (κ1) is 27.2. The summed E-state index contributed by atoms with van der Waals surface area (Å²) in [6.45, 7) is 2.50. The van der Waals surface area contributed by atoms with Gasteiger partial charge in [0.15, 0.2) is 17.2 Å². The molecule has 42 heavy (non-hydrogen) atoms. The zero-order chi connectivity index (χ0) is 29.2. The second-order valence-electron chi connectivity index (χ2n) is 10.4. The summed E-state index contributed by atoms with van der Waals surface area (Å²) in [5, 5.41) is 10.9. The van der Waals surface area contributed by atoms with Crippen LogP contribution in [0.1, 0.15) is 34.6 Å². The van der Waals surface area contributed by atoms with Crippen molar-refractivity contribution in [2.75, 3.05) is 24.4 Å². The molecule has 0 spiro atoms. The molecule has 5 aromatic rings. The standard InChI is InChI=1S/C31H32N8O3/c1-20-11-12-22(17-32-20)38-15-7-10-24(31(38)41)34-28-16-25(37(2)19-21-8-5-4-6-9-21)29-33-18-26(39(29)36-28)30(40)35-23-13-14-27(23)42-3/h4-12,15-18,23,27H,13-14,19H2,1-3H3,(H,34,36)(H,35,40)/t23-,27-/m0/s1. The van der Waals surface area contributed by atoms with E-state index in [1.807, 2.05) is 55.3 Å². The van der Waals surface area contributed by atoms with Gasteiger partial charge < -0.3 is 20.3 Å². The molecule has 0 radical (unpaired) electrons. The first-order valence-electron chi connectivity index (χ1n) is 13.8. The van der Waals surface area contributed by atoms with Gasteiger partial charge in [0.05, 0.1) is 35.9 Å². The van der Waals surface area contributed by atoms with E-state index in [4.69, 9.17) is 9.84 Å². The zero-order valence-corrected chi connectivity index (χ0v) is 23.7. The van der Waals surface area contributed by atoms with Crippen LogP contribution in [0.2, 0.25) is 0 Å². The van der Waals surface area contributed by atoms with Crippen molar-refractivity contribution < 1.29 is 9.53 Å². The average molecular weight is 565 g/mol. The van der Waals surface area contributed by atoms with Crippen molar-refractivity contribution in [2.24, 2.45) is 0 Å². The van der Waals surface area contributed by atoms with Crippen LogP contribution < -0.4 is 21.1 Å². The molecule has 11 heteroatoms. The van der Waals surface area contributed by atoms with E-state index in [0.29, 0.717) is 35.1 Å². The molecule has 1 fully saturated rings. The van der Waals surface area contributed by atoms with E-state index >= 15 is 0 Å². The summed E-state index contributed by atoms with van der Waals surface area (Å²) in [6, 6.07) is 19.0. The third-order valence-corrected chi connectivity index (χ3v) is 7.57. The number of pyridine rings is 2. The van der Waals surface area contributed by atoms with Crippen molar-refractivity contribution in [3.05, 3.63) is 107 Å². The summed E-state index contributed by atoms with van der Waals surface area (Å²) in [5.41, 5.74) is 4.25. The number of anilines is 3. The van der Waals surface area contributed by atoms with Crippen molar-refractivity contribution >= 4 is 28.7 Å². The number of amides is 1. The molecule has 1 aliphatic carbocycles. The van der Waals surface area contributed by atoms with E-state index in [1.54, 1.807) is 31.6 Å². The maximum absolute atomic E-state index is 13.5. The number of methoxy groups -OCH3 is 1. The molecule has 2 N–H and O–H groups in total. The lowest BCUT2D eigenvalue weighted by Gasteiger charge is -2.35. The lowest BCUT2D eigenvalue weighted by molar-refractivity contribution is 0.00718. The predicted molar refractivity (Wildman–Crippen MR) is 161 cm³/mol. The third kappa shape index (κ3) is 5.34. The van der Waals surface area contributed by atoms with Gasteiger partial charge in [-0.3, -0.25) is 19.1 Å². The Bertz CT molecular complexity index is 1780. The van der Waals surface area contributed by atoms with Crippen LogP contribution in [-0.2, 0) is 11.3 Å². The highest BCUT2D eigenvalue weighted by Gasteiger charge is 2.33. The number of ether oxygens (including phenoxy) is 1. The van der Waals surface area contributed by atoms with Gasteiger partial charge in [-0.1, -0.05) is 30.3 Å². The highest BCUT2D eigenvalue weighted by atomic mass is 16.5. The average Bonchev–Trinajstić information content (AvgIpc) is 3.41. The summed E-state index contributed by atoms with van der Waals surface area (Å²) in [6.07, 6.45) is 6.64. The molecule has 1 aromatic carbocycles. The minimum absolute atomic E-state index is 0.00475. The van der Waals surface area contributed by atoms with Gasteiger partial charge >= 0.3 is 0 Å². The quantitative estimate of drug-likeness (QED) is 0.277. The maximum atomic E-state index is 13.5. The fourth-order valence-electron chi connectivity index (χ4n) is 5.08. The Morgan fingerprint density at radius 3 is 2.62 bits per heavy atom. The van der Waals surface area contributed by atoms with E-state index in [-0.39, 0.29) is 23.6 Å². The topological polar surface area (TPSA) is 119 Å². The zero-order valence-electron chi connectivity index (χ0n) is 23.7. The normalized spacial score (nSPS) is 16.2. The fraction of sp³-hybridized carbons (Fsp3) is 0.258. The van der Waals surface area contributed by atoms with Crippen LogP contribution in [0.25, 0.3) is 11.3 Å². The third-order valence-electron chi connectivity index (χ3n) is 7.57. The van der Waals surface area contributed by atoms with Gasteiger partial charge in [0.2, 0.25) is 0 Å². The number of aryl methyl sites for hydroxylation is 1. The number of carbonyl (C=O) groups is 1. The van der Waals surface area contributed by atoms with Crippen LogP contribution in [-0.4, -0.2) is 56.4 Å². The van der Waals surface area contributed by atoms with Gasteiger partial charge in [0.1, 0.15) is 5.69 Å². The molecule has 0 unspecified atom stereocenters. The van der Waals surface area contributed by atoms with Gasteiger partial charge in [-0.15, -0.1) is 5.10 Å². The fourth-order valence-corrected chi connectivity index (χ4v) is 5.08. The van der Waals surface area contributed by atoms with Gasteiger partial charge in [0, 0.05) is 38.7 Å². The van der Waals surface area contributed by atoms with Crippen LogP contribution in [0.5, 0.6) is 0 Å². The Morgan fingerprint density at radius 2 is 1.90 bits per heavy atom. The molecule has 4 heterocycles. The molecule has 2 atom stereocenters. The Kier molecular flexibility index (Phi) is 7.41. The first-order valence-corrected chi connectivity index (χ1v) is 13.8. The number of hydrogen-bond acceptors (Lipinski definition) is 8. The molecule has 1 aliphatic rings. The number of imidazole rings is 1. The van der Waals surface area contributed by atoms with Crippen LogP contribution in [0.3, 0.4) is 0 Å². The van der Waals surface area contributed by atoms with E-state index in [0.717, 1.165) is 29.8 Å². The summed E-state index contributed by atoms with van der Waals surface area (Å²) >= 11 is 0. The Balaban J connectivity index is 1.38. The lowest BCUT2D eigenvalue weighted by Crippen LogP contribution is -2.51. The van der Waals surface area contributed by atoms with Crippen LogP contribution >= 0.6 is 0 Å². The van der Waals surface area contributed by atoms with E-state index in [2.05, 4.69) is 32.7 Å². The maximum Gasteiger partial charge on any atom is 0.278 e. The molecular weight excluding hydrogens is 532 g/mol. The van der Waals surface area contributed by atoms with Gasteiger partial charge in [0.25, 0.3) is 11.5 Å². The molecule has 0 bridgehead atoms. The molecule has 11 nitrogen and oxygen atoms in total. The molecule has 0 aliphatic heterocycles. The Hall–Kier alpha value is -5.03. The Morgan fingerprint density at radius 1 is 1.07 bits per heavy atom. The first-order chi connectivity index (χ1) is 20.4. The number of nitrogens with zero attached hydrogens (tertiary/aromatic N) is 6. The number of hydrogen-bond donors (Lipinski definition) is 2. The number of nitrogens with one attached hydrogen (secondary N) is 2. The highest BCUT2D eigenvalue weighted by Crippen LogP contribution is 2.27. The van der Waals surface area contributed by atoms with Gasteiger partial charge in [-0.05, 0) is 49.6 Å². The number of carbonyl (C=O) groups excluding carboxylic acids is 1. The minimum atomic E-state index is -0.287. The SMILES string of the molecule is CO[C@H]1CC[C@@H]1NC(=O)c1cnc2c(N(C)Cc3ccccc3)cc(Nc3cccn(-c4ccc(C)nc4)c3=O)nn12. The molecular formula is C31H32N8O3. The number of aromatic nitrogens is 5. The van der Waals surface area contributed by atoms with Gasteiger partial charge in [-0.2, -0.15) is 0 Å². The van der Waals surface area contributed by atoms with Crippen molar-refractivity contribution in [1.82, 2.24) is 29.5 Å². The van der Waals surface area contributed by atoms with Crippen LogP contribution in [0.4, 0.5) is 17.2 Å². The van der Waals surface area contributed by atoms with Crippen LogP contribution in [0, 0.1) is 6.92 Å². The second-order valence-corrected chi connectivity index (χ2v) is 10.4. The molecule has 214 valence electrons. The minimum Gasteiger partial charge on any atom is -0.379 e. The van der Waals surface area contributed by atoms with Crippen molar-refractivity contribution in [1.29, 1.82) is 0 Å². The molecule has 4 aromatic heterocycles. The van der Waals surface area contributed by atoms with Crippen molar-refractivity contribution in [3.8, 4) is 5.69 Å².